The van der Waals surface area contributed by atoms with Crippen molar-refractivity contribution in [3.05, 3.63) is 78.0 Å². The first kappa shape index (κ1) is 14.5. The lowest BCUT2D eigenvalue weighted by molar-refractivity contribution is 0.425. The first-order valence-electron chi connectivity index (χ1n) is 6.88. The summed E-state index contributed by atoms with van der Waals surface area (Å²) in [6.07, 6.45) is 0. The maximum atomic E-state index is 12.2. The second kappa shape index (κ2) is 6.15. The smallest absolute Gasteiger partial charge is 0.167 e. The van der Waals surface area contributed by atoms with Crippen LogP contribution in [-0.2, 0) is 21.3 Å². The van der Waals surface area contributed by atoms with Gasteiger partial charge in [0, 0.05) is 11.6 Å². The molecule has 0 unspecified atom stereocenters. The van der Waals surface area contributed by atoms with Gasteiger partial charge < -0.3 is 4.52 Å². The molecule has 1 heterocycles. The van der Waals surface area contributed by atoms with Crippen LogP contribution in [0.1, 0.15) is 11.3 Å². The Morgan fingerprint density at radius 1 is 0.864 bits per heavy atom. The largest absolute Gasteiger partial charge is 0.356 e. The van der Waals surface area contributed by atoms with E-state index in [0.29, 0.717) is 11.5 Å². The Hall–Kier alpha value is -2.40. The van der Waals surface area contributed by atoms with Crippen molar-refractivity contribution in [2.45, 2.75) is 11.5 Å². The number of sulfone groups is 1. The summed E-state index contributed by atoms with van der Waals surface area (Å²) in [5, 5.41) is 3.87. The molecular weight excluding hydrogens is 298 g/mol. The van der Waals surface area contributed by atoms with Gasteiger partial charge >= 0.3 is 0 Å². The molecule has 0 aliphatic rings. The molecule has 3 aromatic rings. The summed E-state index contributed by atoms with van der Waals surface area (Å²) in [4.78, 5) is 0. The SMILES string of the molecule is O=S(=O)(Cc1ccccc1)Cc1cc(-c2ccccc2)on1. The standard InChI is InChI=1S/C17H15NO3S/c19-22(20,12-14-7-3-1-4-8-14)13-16-11-17(21-18-16)15-9-5-2-6-10-15/h1-11H,12-13H2. The molecule has 0 aliphatic heterocycles. The second-order valence-electron chi connectivity index (χ2n) is 5.07. The van der Waals surface area contributed by atoms with Crippen LogP contribution in [0.4, 0.5) is 0 Å². The first-order chi connectivity index (χ1) is 10.6. The topological polar surface area (TPSA) is 60.2 Å². The highest BCUT2D eigenvalue weighted by molar-refractivity contribution is 7.89. The molecule has 4 nitrogen and oxygen atoms in total. The van der Waals surface area contributed by atoms with Gasteiger partial charge in [0.05, 0.1) is 17.2 Å². The van der Waals surface area contributed by atoms with Crippen molar-refractivity contribution in [2.75, 3.05) is 0 Å². The zero-order chi connectivity index (χ0) is 15.4. The minimum atomic E-state index is -3.28. The fraction of sp³-hybridized carbons (Fsp3) is 0.118. The third kappa shape index (κ3) is 3.62. The van der Waals surface area contributed by atoms with E-state index in [1.807, 2.05) is 48.5 Å². The Bertz CT molecular complexity index is 840. The summed E-state index contributed by atoms with van der Waals surface area (Å²) in [6, 6.07) is 20.3. The van der Waals surface area contributed by atoms with E-state index in [0.717, 1.165) is 11.1 Å². The van der Waals surface area contributed by atoms with Crippen LogP contribution in [0.5, 0.6) is 0 Å². The number of nitrogens with zero attached hydrogens (tertiary/aromatic N) is 1. The molecule has 0 saturated heterocycles. The Morgan fingerprint density at radius 3 is 2.18 bits per heavy atom. The predicted molar refractivity (Wildman–Crippen MR) is 84.7 cm³/mol. The molecule has 0 bridgehead atoms. The zero-order valence-corrected chi connectivity index (χ0v) is 12.7. The van der Waals surface area contributed by atoms with Crippen molar-refractivity contribution in [3.63, 3.8) is 0 Å². The Balaban J connectivity index is 1.75. The van der Waals surface area contributed by atoms with Crippen LogP contribution in [0, 0.1) is 0 Å². The number of hydrogen-bond acceptors (Lipinski definition) is 4. The molecule has 0 spiro atoms. The lowest BCUT2D eigenvalue weighted by Crippen LogP contribution is -2.07. The van der Waals surface area contributed by atoms with Crippen LogP contribution in [0.2, 0.25) is 0 Å². The third-order valence-corrected chi connectivity index (χ3v) is 4.72. The van der Waals surface area contributed by atoms with Gasteiger partial charge in [0.25, 0.3) is 0 Å². The van der Waals surface area contributed by atoms with E-state index in [2.05, 4.69) is 5.16 Å². The van der Waals surface area contributed by atoms with Gasteiger partial charge in [-0.1, -0.05) is 65.8 Å². The molecule has 112 valence electrons. The Labute approximate surface area is 129 Å². The lowest BCUT2D eigenvalue weighted by atomic mass is 10.2. The number of rotatable bonds is 5. The van der Waals surface area contributed by atoms with Gasteiger partial charge in [0.15, 0.2) is 15.6 Å². The van der Waals surface area contributed by atoms with Crippen LogP contribution >= 0.6 is 0 Å². The average Bonchev–Trinajstić information content (AvgIpc) is 2.96. The van der Waals surface area contributed by atoms with Gasteiger partial charge in [-0.15, -0.1) is 0 Å². The van der Waals surface area contributed by atoms with E-state index in [9.17, 15) is 8.42 Å². The molecule has 2 aromatic carbocycles. The van der Waals surface area contributed by atoms with E-state index in [-0.39, 0.29) is 11.5 Å². The first-order valence-corrected chi connectivity index (χ1v) is 8.70. The van der Waals surface area contributed by atoms with Gasteiger partial charge in [0.1, 0.15) is 0 Å². The quantitative estimate of drug-likeness (QED) is 0.724. The molecular formula is C17H15NO3S. The summed E-state index contributed by atoms with van der Waals surface area (Å²) < 4.78 is 29.7. The van der Waals surface area contributed by atoms with E-state index in [1.165, 1.54) is 0 Å². The molecule has 0 radical (unpaired) electrons. The Kier molecular flexibility index (Phi) is 4.06. The molecule has 0 atom stereocenters. The van der Waals surface area contributed by atoms with Gasteiger partial charge in [-0.2, -0.15) is 0 Å². The molecule has 3 rings (SSSR count). The fourth-order valence-electron chi connectivity index (χ4n) is 2.22. The molecule has 0 saturated carbocycles. The number of aromatic nitrogens is 1. The van der Waals surface area contributed by atoms with Crippen molar-refractivity contribution < 1.29 is 12.9 Å². The van der Waals surface area contributed by atoms with Crippen molar-refractivity contribution in [2.24, 2.45) is 0 Å². The molecule has 22 heavy (non-hydrogen) atoms. The molecule has 0 amide bonds. The summed E-state index contributed by atoms with van der Waals surface area (Å²) in [5.74, 6) is 0.449. The van der Waals surface area contributed by atoms with Crippen LogP contribution < -0.4 is 0 Å². The van der Waals surface area contributed by atoms with E-state index in [1.54, 1.807) is 18.2 Å². The summed E-state index contributed by atoms with van der Waals surface area (Å²) >= 11 is 0. The van der Waals surface area contributed by atoms with Gasteiger partial charge in [0.2, 0.25) is 0 Å². The number of hydrogen-bond donors (Lipinski definition) is 0. The van der Waals surface area contributed by atoms with Crippen LogP contribution in [0.15, 0.2) is 71.3 Å². The third-order valence-electron chi connectivity index (χ3n) is 3.21. The molecule has 5 heteroatoms. The van der Waals surface area contributed by atoms with Crippen molar-refractivity contribution in [1.82, 2.24) is 5.16 Å². The second-order valence-corrected chi connectivity index (χ2v) is 7.13. The summed E-state index contributed by atoms with van der Waals surface area (Å²) in [6.45, 7) is 0. The van der Waals surface area contributed by atoms with E-state index < -0.39 is 9.84 Å². The maximum Gasteiger partial charge on any atom is 0.167 e. The zero-order valence-electron chi connectivity index (χ0n) is 11.8. The maximum absolute atomic E-state index is 12.2. The molecule has 0 fully saturated rings. The highest BCUT2D eigenvalue weighted by Gasteiger charge is 2.16. The minimum absolute atomic E-state index is 0.00136. The van der Waals surface area contributed by atoms with Crippen LogP contribution in [0.25, 0.3) is 11.3 Å². The van der Waals surface area contributed by atoms with Crippen molar-refractivity contribution >= 4 is 9.84 Å². The molecule has 1 aromatic heterocycles. The summed E-state index contributed by atoms with van der Waals surface area (Å²) in [5.41, 5.74) is 2.07. The van der Waals surface area contributed by atoms with Crippen molar-refractivity contribution in [3.8, 4) is 11.3 Å². The highest BCUT2D eigenvalue weighted by atomic mass is 32.2. The lowest BCUT2D eigenvalue weighted by Gasteiger charge is -2.01. The van der Waals surface area contributed by atoms with Crippen LogP contribution in [-0.4, -0.2) is 13.6 Å². The van der Waals surface area contributed by atoms with Gasteiger partial charge in [-0.25, -0.2) is 8.42 Å². The van der Waals surface area contributed by atoms with Gasteiger partial charge in [-0.05, 0) is 5.56 Å². The Morgan fingerprint density at radius 2 is 1.50 bits per heavy atom. The van der Waals surface area contributed by atoms with E-state index >= 15 is 0 Å². The number of benzene rings is 2. The summed E-state index contributed by atoms with van der Waals surface area (Å²) in [7, 11) is -3.28. The highest BCUT2D eigenvalue weighted by Crippen LogP contribution is 2.21. The monoisotopic (exact) mass is 313 g/mol. The minimum Gasteiger partial charge on any atom is -0.356 e. The van der Waals surface area contributed by atoms with Crippen LogP contribution in [0.3, 0.4) is 0 Å². The van der Waals surface area contributed by atoms with Crippen molar-refractivity contribution in [1.29, 1.82) is 0 Å². The molecule has 0 aliphatic carbocycles. The van der Waals surface area contributed by atoms with Gasteiger partial charge in [-0.3, -0.25) is 0 Å². The van der Waals surface area contributed by atoms with E-state index in [4.69, 9.17) is 4.52 Å². The average molecular weight is 313 g/mol. The predicted octanol–water partition coefficient (Wildman–Crippen LogP) is 3.46. The fourth-order valence-corrected chi connectivity index (χ4v) is 3.61. The molecule has 0 N–H and O–H groups in total. The normalized spacial score (nSPS) is 11.5.